The van der Waals surface area contributed by atoms with Crippen LogP contribution in [0.4, 0.5) is 23.9 Å². The Balaban J connectivity index is 1.27. The Morgan fingerprint density at radius 2 is 1.38 bits per heavy atom. The minimum Gasteiger partial charge on any atom is -0.376 e. The van der Waals surface area contributed by atoms with E-state index in [0.29, 0.717) is 23.7 Å². The Morgan fingerprint density at radius 3 is 1.94 bits per heavy atom. The third-order valence-corrected chi connectivity index (χ3v) is 11.9. The average Bonchev–Trinajstić information content (AvgIpc) is 3.58. The summed E-state index contributed by atoms with van der Waals surface area (Å²) in [6, 6.07) is 37.8. The predicted octanol–water partition coefficient (Wildman–Crippen LogP) is 7.81. The second kappa shape index (κ2) is 13.7. The molecule has 6 nitrogen and oxygen atoms in total. The van der Waals surface area contributed by atoms with Crippen LogP contribution in [0, 0.1) is 0 Å². The molecule has 0 amide bonds. The summed E-state index contributed by atoms with van der Waals surface area (Å²) in [7, 11) is -3.88. The predicted molar refractivity (Wildman–Crippen MR) is 185 cm³/mol. The van der Waals surface area contributed by atoms with Gasteiger partial charge in [-0.3, -0.25) is 0 Å². The number of nitrogens with zero attached hydrogens (tertiary/aromatic N) is 3. The molecular formula is C37H34F3N3O3S2. The fourth-order valence-corrected chi connectivity index (χ4v) is 8.62. The fraction of sp³-hybridized carbons (Fsp3) is 0.216. The van der Waals surface area contributed by atoms with Crippen LogP contribution < -0.4 is 4.90 Å². The number of aliphatic imine (C=N–C) groups is 1. The highest BCUT2D eigenvalue weighted by Crippen LogP contribution is 2.39. The van der Waals surface area contributed by atoms with Crippen LogP contribution in [-0.2, 0) is 22.0 Å². The second-order valence-electron chi connectivity index (χ2n) is 11.8. The maximum Gasteiger partial charge on any atom is 0.421 e. The van der Waals surface area contributed by atoms with Crippen molar-refractivity contribution in [2.75, 3.05) is 24.5 Å². The van der Waals surface area contributed by atoms with Crippen LogP contribution >= 0.6 is 11.3 Å². The fourth-order valence-electron chi connectivity index (χ4n) is 5.82. The molecule has 1 fully saturated rings. The first-order chi connectivity index (χ1) is 22.9. The van der Waals surface area contributed by atoms with Crippen molar-refractivity contribution in [2.45, 2.75) is 35.4 Å². The summed E-state index contributed by atoms with van der Waals surface area (Å²) in [6.45, 7) is 1.42. The summed E-state index contributed by atoms with van der Waals surface area (Å²) in [6.07, 6.45) is -4.31. The van der Waals surface area contributed by atoms with Gasteiger partial charge in [-0.1, -0.05) is 103 Å². The summed E-state index contributed by atoms with van der Waals surface area (Å²) < 4.78 is 70.2. The molecule has 0 saturated carbocycles. The number of thiophene rings is 1. The Hall–Kier alpha value is -4.29. The summed E-state index contributed by atoms with van der Waals surface area (Å²) in [4.78, 5) is 6.93. The molecule has 0 radical (unpaired) electrons. The molecule has 6 rings (SSSR count). The van der Waals surface area contributed by atoms with Crippen molar-refractivity contribution in [3.8, 4) is 0 Å². The van der Waals surface area contributed by atoms with Crippen LogP contribution in [0.3, 0.4) is 0 Å². The zero-order valence-corrected chi connectivity index (χ0v) is 27.7. The van der Waals surface area contributed by atoms with Crippen molar-refractivity contribution >= 4 is 37.8 Å². The van der Waals surface area contributed by atoms with E-state index in [0.717, 1.165) is 40.7 Å². The van der Waals surface area contributed by atoms with Gasteiger partial charge in [0.1, 0.15) is 9.21 Å². The minimum absolute atomic E-state index is 0.176. The second-order valence-corrected chi connectivity index (χ2v) is 15.0. The van der Waals surface area contributed by atoms with Gasteiger partial charge in [0.25, 0.3) is 10.0 Å². The molecule has 2 unspecified atom stereocenters. The van der Waals surface area contributed by atoms with Crippen LogP contribution in [0.1, 0.15) is 29.2 Å². The number of rotatable bonds is 9. The number of anilines is 1. The number of alkyl halides is 3. The maximum atomic E-state index is 14.1. The average molecular weight is 690 g/mol. The Labute approximate surface area is 282 Å². The zero-order valence-electron chi connectivity index (χ0n) is 26.1. The van der Waals surface area contributed by atoms with E-state index in [1.807, 2.05) is 95.9 Å². The number of sulfonamides is 1. The van der Waals surface area contributed by atoms with Gasteiger partial charge in [0, 0.05) is 42.5 Å². The van der Waals surface area contributed by atoms with Crippen LogP contribution in [0.25, 0.3) is 0 Å². The van der Waals surface area contributed by atoms with Crippen molar-refractivity contribution < 1.29 is 26.7 Å². The molecule has 5 aromatic rings. The molecule has 1 aliphatic rings. The molecule has 1 aromatic heterocycles. The van der Waals surface area contributed by atoms with Crippen LogP contribution in [0.2, 0.25) is 0 Å². The number of halogens is 3. The largest absolute Gasteiger partial charge is 0.421 e. The molecule has 1 N–H and O–H groups in total. The first kappa shape index (κ1) is 33.6. The number of hydrogen-bond donors (Lipinski definition) is 1. The lowest BCUT2D eigenvalue weighted by atomic mass is 9.94. The van der Waals surface area contributed by atoms with Crippen molar-refractivity contribution in [1.29, 1.82) is 0 Å². The highest BCUT2D eigenvalue weighted by molar-refractivity contribution is 7.91. The van der Waals surface area contributed by atoms with E-state index < -0.39 is 21.8 Å². The van der Waals surface area contributed by atoms with Gasteiger partial charge in [-0.15, -0.1) is 11.3 Å². The van der Waals surface area contributed by atoms with Crippen molar-refractivity contribution in [1.82, 2.24) is 4.31 Å². The standard InChI is InChI=1S/C37H34F3N3O3S2/c1-36(44,37(38,39)40)30-17-19-31(20-18-30)43-24-23-42(26-32(43)25-27-11-5-2-6-12-27)48(45,46)34-22-21-33(47-34)41-35(28-13-7-3-8-14-28)29-15-9-4-10-16-29/h2-22,32,44H,23-26H2,1H3. The Bertz CT molecular complexity index is 1920. The molecule has 4 aromatic carbocycles. The molecule has 1 aliphatic heterocycles. The zero-order chi connectivity index (χ0) is 33.9. The number of piperazine rings is 1. The smallest absolute Gasteiger partial charge is 0.376 e. The number of aliphatic hydroxyl groups is 1. The molecule has 48 heavy (non-hydrogen) atoms. The normalized spacial score (nSPS) is 17.1. The van der Waals surface area contributed by atoms with Gasteiger partial charge in [0.15, 0.2) is 5.60 Å². The highest BCUT2D eigenvalue weighted by atomic mass is 32.2. The van der Waals surface area contributed by atoms with E-state index in [1.165, 1.54) is 16.4 Å². The van der Waals surface area contributed by atoms with Gasteiger partial charge in [-0.05, 0) is 48.7 Å². The third-order valence-electron chi connectivity index (χ3n) is 8.55. The van der Waals surface area contributed by atoms with Crippen LogP contribution in [0.15, 0.2) is 137 Å². The van der Waals surface area contributed by atoms with E-state index in [9.17, 15) is 26.7 Å². The summed E-state index contributed by atoms with van der Waals surface area (Å²) in [5, 5.41) is 10.7. The summed E-state index contributed by atoms with van der Waals surface area (Å²) in [5.41, 5.74) is 0.962. The van der Waals surface area contributed by atoms with Crippen molar-refractivity contribution in [3.05, 3.63) is 150 Å². The lowest BCUT2D eigenvalue weighted by Gasteiger charge is -2.42. The first-order valence-electron chi connectivity index (χ1n) is 15.4. The Morgan fingerprint density at radius 1 is 0.812 bits per heavy atom. The number of benzene rings is 4. The van der Waals surface area contributed by atoms with Crippen LogP contribution in [-0.4, -0.2) is 55.4 Å². The van der Waals surface area contributed by atoms with Crippen molar-refractivity contribution in [2.24, 2.45) is 4.99 Å². The molecule has 248 valence electrons. The van der Waals surface area contributed by atoms with Gasteiger partial charge >= 0.3 is 6.18 Å². The van der Waals surface area contributed by atoms with E-state index in [-0.39, 0.29) is 28.9 Å². The van der Waals surface area contributed by atoms with E-state index in [1.54, 1.807) is 24.3 Å². The van der Waals surface area contributed by atoms with E-state index >= 15 is 0 Å². The molecule has 2 heterocycles. The van der Waals surface area contributed by atoms with Gasteiger partial charge in [-0.25, -0.2) is 13.4 Å². The van der Waals surface area contributed by atoms with Gasteiger partial charge in [-0.2, -0.15) is 17.5 Å². The topological polar surface area (TPSA) is 73.2 Å². The Kier molecular flexibility index (Phi) is 9.57. The molecule has 2 atom stereocenters. The maximum absolute atomic E-state index is 14.1. The first-order valence-corrected chi connectivity index (χ1v) is 17.7. The van der Waals surface area contributed by atoms with Gasteiger partial charge in [0.05, 0.1) is 5.71 Å². The minimum atomic E-state index is -4.83. The molecule has 0 bridgehead atoms. The lowest BCUT2D eigenvalue weighted by Crippen LogP contribution is -2.55. The molecule has 0 aliphatic carbocycles. The van der Waals surface area contributed by atoms with Gasteiger partial charge < -0.3 is 10.0 Å². The van der Waals surface area contributed by atoms with E-state index in [2.05, 4.69) is 0 Å². The summed E-state index contributed by atoms with van der Waals surface area (Å²) >= 11 is 1.11. The number of hydrogen-bond acceptors (Lipinski definition) is 6. The van der Waals surface area contributed by atoms with Crippen molar-refractivity contribution in [3.63, 3.8) is 0 Å². The monoisotopic (exact) mass is 689 g/mol. The molecular weight excluding hydrogens is 656 g/mol. The SMILES string of the molecule is CC(O)(c1ccc(N2CCN(S(=O)(=O)c3ccc(N=C(c4ccccc4)c4ccccc4)s3)CC2Cc2ccccc2)cc1)C(F)(F)F. The lowest BCUT2D eigenvalue weighted by molar-refractivity contribution is -0.258. The van der Waals surface area contributed by atoms with Gasteiger partial charge in [0.2, 0.25) is 0 Å². The summed E-state index contributed by atoms with van der Waals surface area (Å²) in [5.74, 6) is 0. The highest BCUT2D eigenvalue weighted by Gasteiger charge is 2.51. The van der Waals surface area contributed by atoms with E-state index in [4.69, 9.17) is 4.99 Å². The third kappa shape index (κ3) is 7.09. The molecule has 11 heteroatoms. The quantitative estimate of drug-likeness (QED) is 0.160. The van der Waals surface area contributed by atoms with Crippen LogP contribution in [0.5, 0.6) is 0 Å². The molecule has 1 saturated heterocycles. The molecule has 0 spiro atoms.